The van der Waals surface area contributed by atoms with Crippen molar-refractivity contribution in [1.82, 2.24) is 0 Å². The van der Waals surface area contributed by atoms with Crippen LogP contribution in [0.3, 0.4) is 0 Å². The van der Waals surface area contributed by atoms with Crippen LogP contribution in [-0.4, -0.2) is 27.2 Å². The van der Waals surface area contributed by atoms with Gasteiger partial charge < -0.3 is 21.3 Å². The Morgan fingerprint density at radius 1 is 1.04 bits per heavy atom. The standard InChI is InChI=1S/C17H23N5O3S/c1-3-22(12(2)18)15-8-4-13(5-9-15)20-17(23)21-14-6-10-16(11-7-14)26(19,24)25/h4-12H,3,18H2,1-2H3,(H2,19,24,25)(H2,20,21,23). The number of rotatable bonds is 6. The van der Waals surface area contributed by atoms with Crippen LogP contribution in [0, 0.1) is 0 Å². The van der Waals surface area contributed by atoms with Gasteiger partial charge >= 0.3 is 6.03 Å². The second-order valence-electron chi connectivity index (χ2n) is 5.72. The molecule has 0 aliphatic heterocycles. The lowest BCUT2D eigenvalue weighted by Gasteiger charge is -2.27. The molecule has 0 saturated carbocycles. The van der Waals surface area contributed by atoms with Gasteiger partial charge in [0.15, 0.2) is 0 Å². The normalized spacial score (nSPS) is 12.3. The molecule has 2 aromatic carbocycles. The van der Waals surface area contributed by atoms with Crippen molar-refractivity contribution in [3.8, 4) is 0 Å². The van der Waals surface area contributed by atoms with Crippen molar-refractivity contribution < 1.29 is 13.2 Å². The first-order valence-corrected chi connectivity index (χ1v) is 9.58. The minimum atomic E-state index is -3.76. The number of nitrogens with one attached hydrogen (secondary N) is 2. The third kappa shape index (κ3) is 5.19. The molecule has 0 aliphatic carbocycles. The number of primary sulfonamides is 1. The molecule has 0 bridgehead atoms. The molecule has 8 nitrogen and oxygen atoms in total. The summed E-state index contributed by atoms with van der Waals surface area (Å²) in [6.45, 7) is 4.70. The van der Waals surface area contributed by atoms with E-state index in [1.54, 1.807) is 12.1 Å². The first-order valence-electron chi connectivity index (χ1n) is 8.04. The summed E-state index contributed by atoms with van der Waals surface area (Å²) >= 11 is 0. The molecule has 0 heterocycles. The number of carbonyl (C=O) groups is 1. The number of carbonyl (C=O) groups excluding carboxylic acids is 1. The van der Waals surface area contributed by atoms with Crippen LogP contribution in [0.1, 0.15) is 13.8 Å². The highest BCUT2D eigenvalue weighted by Gasteiger charge is 2.10. The highest BCUT2D eigenvalue weighted by atomic mass is 32.2. The van der Waals surface area contributed by atoms with E-state index in [-0.39, 0.29) is 11.1 Å². The van der Waals surface area contributed by atoms with Crippen molar-refractivity contribution >= 4 is 33.1 Å². The van der Waals surface area contributed by atoms with E-state index in [4.69, 9.17) is 10.9 Å². The molecule has 2 amide bonds. The van der Waals surface area contributed by atoms with Crippen molar-refractivity contribution in [3.63, 3.8) is 0 Å². The molecule has 1 atom stereocenters. The van der Waals surface area contributed by atoms with Crippen molar-refractivity contribution in [2.24, 2.45) is 10.9 Å². The Kier molecular flexibility index (Phi) is 6.19. The van der Waals surface area contributed by atoms with E-state index < -0.39 is 16.1 Å². The summed E-state index contributed by atoms with van der Waals surface area (Å²) in [7, 11) is -3.76. The SMILES string of the molecule is CCN(c1ccc(NC(=O)Nc2ccc(S(N)(=O)=O)cc2)cc1)C(C)N. The number of urea groups is 1. The second-order valence-corrected chi connectivity index (χ2v) is 7.28. The lowest BCUT2D eigenvalue weighted by Crippen LogP contribution is -2.39. The zero-order valence-electron chi connectivity index (χ0n) is 14.6. The summed E-state index contributed by atoms with van der Waals surface area (Å²) in [5.41, 5.74) is 7.95. The Bertz CT molecular complexity index is 849. The quantitative estimate of drug-likeness (QED) is 0.573. The molecular weight excluding hydrogens is 354 g/mol. The van der Waals surface area contributed by atoms with Crippen LogP contribution in [0.15, 0.2) is 53.4 Å². The molecule has 140 valence electrons. The number of hydrogen-bond donors (Lipinski definition) is 4. The fourth-order valence-corrected chi connectivity index (χ4v) is 2.98. The number of hydrogen-bond acceptors (Lipinski definition) is 5. The molecule has 26 heavy (non-hydrogen) atoms. The number of nitrogens with zero attached hydrogens (tertiary/aromatic N) is 1. The van der Waals surface area contributed by atoms with Crippen molar-refractivity contribution in [2.75, 3.05) is 22.1 Å². The van der Waals surface area contributed by atoms with E-state index in [1.807, 2.05) is 30.9 Å². The van der Waals surface area contributed by atoms with Crippen LogP contribution in [-0.2, 0) is 10.0 Å². The Hall–Kier alpha value is -2.62. The zero-order valence-corrected chi connectivity index (χ0v) is 15.5. The molecule has 2 aromatic rings. The van der Waals surface area contributed by atoms with Gasteiger partial charge in [0, 0.05) is 23.6 Å². The molecule has 0 radical (unpaired) electrons. The van der Waals surface area contributed by atoms with Crippen LogP contribution in [0.4, 0.5) is 21.9 Å². The highest BCUT2D eigenvalue weighted by molar-refractivity contribution is 7.89. The molecule has 0 aliphatic rings. The fraction of sp³-hybridized carbons (Fsp3) is 0.235. The Morgan fingerprint density at radius 2 is 1.50 bits per heavy atom. The summed E-state index contributed by atoms with van der Waals surface area (Å²) in [4.78, 5) is 14.1. The lowest BCUT2D eigenvalue weighted by atomic mass is 10.2. The average molecular weight is 377 g/mol. The van der Waals surface area contributed by atoms with Crippen molar-refractivity contribution in [1.29, 1.82) is 0 Å². The van der Waals surface area contributed by atoms with Gasteiger partial charge in [0.2, 0.25) is 10.0 Å². The van der Waals surface area contributed by atoms with E-state index in [9.17, 15) is 13.2 Å². The van der Waals surface area contributed by atoms with Gasteiger partial charge in [-0.3, -0.25) is 0 Å². The third-order valence-electron chi connectivity index (χ3n) is 3.73. The Labute approximate surface area is 153 Å². The summed E-state index contributed by atoms with van der Waals surface area (Å²) in [6.07, 6.45) is -0.109. The number of sulfonamides is 1. The summed E-state index contributed by atoms with van der Waals surface area (Å²) < 4.78 is 22.4. The van der Waals surface area contributed by atoms with Gasteiger partial charge in [-0.05, 0) is 62.4 Å². The Balaban J connectivity index is 1.99. The van der Waals surface area contributed by atoms with Crippen LogP contribution >= 0.6 is 0 Å². The maximum atomic E-state index is 12.1. The van der Waals surface area contributed by atoms with E-state index >= 15 is 0 Å². The van der Waals surface area contributed by atoms with Gasteiger partial charge in [-0.1, -0.05) is 0 Å². The van der Waals surface area contributed by atoms with Crippen LogP contribution in [0.5, 0.6) is 0 Å². The van der Waals surface area contributed by atoms with Gasteiger partial charge in [0.25, 0.3) is 0 Å². The number of nitrogens with two attached hydrogens (primary N) is 2. The molecule has 0 aromatic heterocycles. The third-order valence-corrected chi connectivity index (χ3v) is 4.66. The van der Waals surface area contributed by atoms with E-state index in [1.165, 1.54) is 24.3 Å². The fourth-order valence-electron chi connectivity index (χ4n) is 2.46. The molecule has 9 heteroatoms. The monoisotopic (exact) mass is 377 g/mol. The number of anilines is 3. The van der Waals surface area contributed by atoms with Gasteiger partial charge in [-0.25, -0.2) is 18.4 Å². The molecule has 0 saturated heterocycles. The van der Waals surface area contributed by atoms with Crippen LogP contribution in [0.2, 0.25) is 0 Å². The summed E-state index contributed by atoms with van der Waals surface area (Å²) in [6, 6.07) is 12.5. The predicted molar refractivity (Wildman–Crippen MR) is 104 cm³/mol. The first kappa shape index (κ1) is 19.7. The highest BCUT2D eigenvalue weighted by Crippen LogP contribution is 2.19. The van der Waals surface area contributed by atoms with Gasteiger partial charge in [-0.2, -0.15) is 0 Å². The maximum absolute atomic E-state index is 12.1. The molecular formula is C17H23N5O3S. The van der Waals surface area contributed by atoms with E-state index in [0.29, 0.717) is 11.4 Å². The van der Waals surface area contributed by atoms with Gasteiger partial charge in [0.1, 0.15) is 0 Å². The molecule has 2 rings (SSSR count). The zero-order chi connectivity index (χ0) is 19.3. The lowest BCUT2D eigenvalue weighted by molar-refractivity contribution is 0.262. The summed E-state index contributed by atoms with van der Waals surface area (Å²) in [5.74, 6) is 0. The van der Waals surface area contributed by atoms with Crippen molar-refractivity contribution in [2.45, 2.75) is 24.9 Å². The first-order chi connectivity index (χ1) is 12.2. The molecule has 6 N–H and O–H groups in total. The smallest absolute Gasteiger partial charge is 0.323 e. The van der Waals surface area contributed by atoms with Crippen LogP contribution in [0.25, 0.3) is 0 Å². The minimum Gasteiger partial charge on any atom is -0.357 e. The van der Waals surface area contributed by atoms with Gasteiger partial charge in [-0.15, -0.1) is 0 Å². The largest absolute Gasteiger partial charge is 0.357 e. The van der Waals surface area contributed by atoms with E-state index in [0.717, 1.165) is 12.2 Å². The second kappa shape index (κ2) is 8.17. The maximum Gasteiger partial charge on any atom is 0.323 e. The van der Waals surface area contributed by atoms with Crippen molar-refractivity contribution in [3.05, 3.63) is 48.5 Å². The number of amides is 2. The molecule has 0 fully saturated rings. The topological polar surface area (TPSA) is 131 Å². The average Bonchev–Trinajstić information content (AvgIpc) is 2.56. The summed E-state index contributed by atoms with van der Waals surface area (Å²) in [5, 5.41) is 10.4. The predicted octanol–water partition coefficient (Wildman–Crippen LogP) is 2.11. The molecule has 1 unspecified atom stereocenters. The number of benzene rings is 2. The van der Waals surface area contributed by atoms with E-state index in [2.05, 4.69) is 10.6 Å². The Morgan fingerprint density at radius 3 is 1.88 bits per heavy atom. The minimum absolute atomic E-state index is 0.0198. The van der Waals surface area contributed by atoms with Gasteiger partial charge in [0.05, 0.1) is 11.1 Å². The molecule has 0 spiro atoms. The van der Waals surface area contributed by atoms with Crippen LogP contribution < -0.4 is 26.4 Å².